The first kappa shape index (κ1) is 19.5. The first-order valence-electron chi connectivity index (χ1n) is 11.2. The molecule has 0 spiro atoms. The van der Waals surface area contributed by atoms with Crippen molar-refractivity contribution in [1.29, 1.82) is 0 Å². The van der Waals surface area contributed by atoms with Crippen LogP contribution >= 0.6 is 0 Å². The van der Waals surface area contributed by atoms with Gasteiger partial charge in [-0.2, -0.15) is 4.98 Å². The molecule has 160 valence electrons. The van der Waals surface area contributed by atoms with Gasteiger partial charge in [0, 0.05) is 43.3 Å². The predicted molar refractivity (Wildman–Crippen MR) is 114 cm³/mol. The zero-order valence-corrected chi connectivity index (χ0v) is 17.5. The van der Waals surface area contributed by atoms with Crippen LogP contribution in [0, 0.1) is 6.92 Å². The van der Waals surface area contributed by atoms with E-state index in [1.165, 1.54) is 0 Å². The maximum atomic E-state index is 12.8. The second kappa shape index (κ2) is 7.98. The minimum Gasteiger partial charge on any atom is -0.365 e. The molecule has 8 nitrogen and oxygen atoms in total. The number of carbonyl (C=O) groups is 1. The Morgan fingerprint density at radius 1 is 1.13 bits per heavy atom. The third-order valence-electron chi connectivity index (χ3n) is 6.72. The Kier molecular flexibility index (Phi) is 5.18. The van der Waals surface area contributed by atoms with Gasteiger partial charge in [-0.15, -0.1) is 0 Å². The van der Waals surface area contributed by atoms with Crippen LogP contribution in [0.4, 0.5) is 5.95 Å². The number of amides is 1. The molecule has 3 fully saturated rings. The van der Waals surface area contributed by atoms with Gasteiger partial charge < -0.3 is 14.5 Å². The van der Waals surface area contributed by atoms with Gasteiger partial charge in [0.2, 0.25) is 5.95 Å². The molecule has 2 aliphatic heterocycles. The molecule has 1 saturated carbocycles. The van der Waals surface area contributed by atoms with Crippen LogP contribution in [0.1, 0.15) is 50.1 Å². The quantitative estimate of drug-likeness (QED) is 0.769. The van der Waals surface area contributed by atoms with E-state index >= 15 is 0 Å². The van der Waals surface area contributed by atoms with Gasteiger partial charge >= 0.3 is 0 Å². The molecule has 30 heavy (non-hydrogen) atoms. The van der Waals surface area contributed by atoms with E-state index in [0.29, 0.717) is 31.3 Å². The number of hydrogen-bond donors (Lipinski definition) is 0. The van der Waals surface area contributed by atoms with Crippen molar-refractivity contribution in [3.8, 4) is 0 Å². The van der Waals surface area contributed by atoms with Gasteiger partial charge in [-0.25, -0.2) is 4.98 Å². The van der Waals surface area contributed by atoms with Crippen molar-refractivity contribution < 1.29 is 9.53 Å². The van der Waals surface area contributed by atoms with Crippen molar-refractivity contribution in [2.75, 3.05) is 37.7 Å². The standard InChI is InChI=1S/C22H29N5O3/c1-15-12-19(28)27(16-6-2-3-7-16)20-17(15)13-23-22(24-20)26-10-11-30-18(14-26)21(29)25-8-4-5-9-25/h12-13,16,18H,2-11,14H2,1H3. The summed E-state index contributed by atoms with van der Waals surface area (Å²) >= 11 is 0. The molecule has 3 aliphatic rings. The molecule has 2 aromatic heterocycles. The summed E-state index contributed by atoms with van der Waals surface area (Å²) in [5.41, 5.74) is 1.63. The molecule has 1 amide bonds. The SMILES string of the molecule is Cc1cc(=O)n(C2CCCC2)c2nc(N3CCOC(C(=O)N4CCCC4)C3)ncc12. The number of aryl methyl sites for hydroxylation is 1. The Bertz CT molecular complexity index is 1010. The van der Waals surface area contributed by atoms with Crippen molar-refractivity contribution >= 4 is 22.9 Å². The Balaban J connectivity index is 1.47. The van der Waals surface area contributed by atoms with Crippen molar-refractivity contribution in [3.05, 3.63) is 28.2 Å². The van der Waals surface area contributed by atoms with Crippen LogP contribution in [0.3, 0.4) is 0 Å². The third-order valence-corrected chi connectivity index (χ3v) is 6.72. The van der Waals surface area contributed by atoms with Gasteiger partial charge in [-0.1, -0.05) is 12.8 Å². The van der Waals surface area contributed by atoms with Crippen LogP contribution in [-0.4, -0.2) is 64.2 Å². The number of hydrogen-bond acceptors (Lipinski definition) is 6. The molecule has 0 radical (unpaired) electrons. The highest BCUT2D eigenvalue weighted by Gasteiger charge is 2.32. The zero-order chi connectivity index (χ0) is 20.7. The van der Waals surface area contributed by atoms with E-state index in [-0.39, 0.29) is 17.5 Å². The molecule has 0 bridgehead atoms. The first-order valence-corrected chi connectivity index (χ1v) is 11.2. The molecule has 4 heterocycles. The summed E-state index contributed by atoms with van der Waals surface area (Å²) in [4.78, 5) is 39.0. The number of likely N-dealkylation sites (tertiary alicyclic amines) is 1. The van der Waals surface area contributed by atoms with Gasteiger partial charge in [-0.3, -0.25) is 14.2 Å². The number of fused-ring (bicyclic) bond motifs is 1. The van der Waals surface area contributed by atoms with Crippen molar-refractivity contribution in [2.45, 2.75) is 57.6 Å². The molecule has 0 aromatic carbocycles. The zero-order valence-electron chi connectivity index (χ0n) is 17.5. The lowest BCUT2D eigenvalue weighted by Crippen LogP contribution is -2.51. The fourth-order valence-electron chi connectivity index (χ4n) is 5.05. The average Bonchev–Trinajstić information content (AvgIpc) is 3.47. The normalized spacial score (nSPS) is 22.9. The molecular weight excluding hydrogens is 382 g/mol. The van der Waals surface area contributed by atoms with E-state index < -0.39 is 6.10 Å². The maximum Gasteiger partial charge on any atom is 0.253 e. The third kappa shape index (κ3) is 3.47. The molecule has 1 unspecified atom stereocenters. The predicted octanol–water partition coefficient (Wildman–Crippen LogP) is 2.04. The van der Waals surface area contributed by atoms with Gasteiger partial charge in [0.15, 0.2) is 6.10 Å². The Morgan fingerprint density at radius 3 is 2.67 bits per heavy atom. The van der Waals surface area contributed by atoms with E-state index in [0.717, 1.165) is 62.6 Å². The van der Waals surface area contributed by atoms with Crippen LogP contribution in [0.5, 0.6) is 0 Å². The van der Waals surface area contributed by atoms with Crippen LogP contribution in [-0.2, 0) is 9.53 Å². The molecule has 2 saturated heterocycles. The Labute approximate surface area is 175 Å². The lowest BCUT2D eigenvalue weighted by Gasteiger charge is -2.34. The highest BCUT2D eigenvalue weighted by atomic mass is 16.5. The van der Waals surface area contributed by atoms with Crippen LogP contribution in [0.25, 0.3) is 11.0 Å². The van der Waals surface area contributed by atoms with Crippen molar-refractivity contribution in [2.24, 2.45) is 0 Å². The second-order valence-electron chi connectivity index (χ2n) is 8.72. The van der Waals surface area contributed by atoms with Crippen LogP contribution in [0.2, 0.25) is 0 Å². The highest BCUT2D eigenvalue weighted by Crippen LogP contribution is 2.31. The number of anilines is 1. The van der Waals surface area contributed by atoms with Gasteiger partial charge in [0.25, 0.3) is 11.5 Å². The number of carbonyl (C=O) groups excluding carboxylic acids is 1. The topological polar surface area (TPSA) is 80.6 Å². The lowest BCUT2D eigenvalue weighted by molar-refractivity contribution is -0.143. The number of rotatable bonds is 3. The Hall–Kier alpha value is -2.48. The molecule has 0 N–H and O–H groups in total. The van der Waals surface area contributed by atoms with Gasteiger partial charge in [0.05, 0.1) is 13.2 Å². The number of morpholine rings is 1. The number of pyridine rings is 1. The highest BCUT2D eigenvalue weighted by molar-refractivity contribution is 5.82. The van der Waals surface area contributed by atoms with E-state index in [9.17, 15) is 9.59 Å². The second-order valence-corrected chi connectivity index (χ2v) is 8.72. The van der Waals surface area contributed by atoms with E-state index in [2.05, 4.69) is 4.98 Å². The monoisotopic (exact) mass is 411 g/mol. The fourth-order valence-corrected chi connectivity index (χ4v) is 5.05. The molecule has 1 aliphatic carbocycles. The summed E-state index contributed by atoms with van der Waals surface area (Å²) in [7, 11) is 0. The largest absolute Gasteiger partial charge is 0.365 e. The van der Waals surface area contributed by atoms with Crippen molar-refractivity contribution in [1.82, 2.24) is 19.4 Å². The van der Waals surface area contributed by atoms with E-state index in [1.807, 2.05) is 27.5 Å². The summed E-state index contributed by atoms with van der Waals surface area (Å²) in [5.74, 6) is 0.637. The summed E-state index contributed by atoms with van der Waals surface area (Å²) in [5, 5.41) is 0.920. The first-order chi connectivity index (χ1) is 14.6. The van der Waals surface area contributed by atoms with Gasteiger partial charge in [-0.05, 0) is 38.2 Å². The van der Waals surface area contributed by atoms with Crippen LogP contribution < -0.4 is 10.5 Å². The van der Waals surface area contributed by atoms with E-state index in [1.54, 1.807) is 6.07 Å². The summed E-state index contributed by atoms with van der Waals surface area (Å²) in [6, 6.07) is 1.90. The van der Waals surface area contributed by atoms with E-state index in [4.69, 9.17) is 9.72 Å². The average molecular weight is 412 g/mol. The lowest BCUT2D eigenvalue weighted by atomic mass is 10.1. The molecular formula is C22H29N5O3. The summed E-state index contributed by atoms with van der Waals surface area (Å²) < 4.78 is 7.66. The number of ether oxygens (including phenoxy) is 1. The molecule has 2 aromatic rings. The number of aromatic nitrogens is 3. The molecule has 8 heteroatoms. The molecule has 5 rings (SSSR count). The fraction of sp³-hybridized carbons (Fsp3) is 0.636. The maximum absolute atomic E-state index is 12.8. The number of nitrogens with zero attached hydrogens (tertiary/aromatic N) is 5. The minimum atomic E-state index is -0.481. The van der Waals surface area contributed by atoms with Gasteiger partial charge in [0.1, 0.15) is 5.65 Å². The van der Waals surface area contributed by atoms with Crippen molar-refractivity contribution in [3.63, 3.8) is 0 Å². The smallest absolute Gasteiger partial charge is 0.253 e. The Morgan fingerprint density at radius 2 is 1.90 bits per heavy atom. The van der Waals surface area contributed by atoms with Crippen LogP contribution in [0.15, 0.2) is 17.1 Å². The minimum absolute atomic E-state index is 0.0145. The molecule has 1 atom stereocenters. The summed E-state index contributed by atoms with van der Waals surface area (Å²) in [6.45, 7) is 5.12. The summed E-state index contributed by atoms with van der Waals surface area (Å²) in [6.07, 6.45) is 7.79.